The Labute approximate surface area is 192 Å². The number of allylic oxidation sites excluding steroid dienone is 1. The van der Waals surface area contributed by atoms with Crippen LogP contribution >= 0.6 is 27.3 Å². The lowest BCUT2D eigenvalue weighted by atomic mass is 9.95. The van der Waals surface area contributed by atoms with Crippen LogP contribution in [0.1, 0.15) is 36.6 Å². The summed E-state index contributed by atoms with van der Waals surface area (Å²) >= 11 is 4.85. The van der Waals surface area contributed by atoms with E-state index in [0.29, 0.717) is 20.6 Å². The highest BCUT2D eigenvalue weighted by atomic mass is 79.9. The van der Waals surface area contributed by atoms with Crippen LogP contribution in [0.4, 0.5) is 0 Å². The average molecular weight is 497 g/mol. The van der Waals surface area contributed by atoms with Crippen LogP contribution in [0.25, 0.3) is 6.08 Å². The summed E-state index contributed by atoms with van der Waals surface area (Å²) in [7, 11) is 0. The van der Waals surface area contributed by atoms with Crippen molar-refractivity contribution in [3.63, 3.8) is 0 Å². The molecule has 0 saturated carbocycles. The zero-order valence-corrected chi connectivity index (χ0v) is 19.8. The molecular weight excluding hydrogens is 476 g/mol. The molecule has 158 valence electrons. The second-order valence-corrected chi connectivity index (χ2v) is 9.10. The molecular formula is C24H21BrN2O3S. The number of ether oxygens (including phenoxy) is 1. The first-order chi connectivity index (χ1) is 14.9. The molecule has 0 bridgehead atoms. The molecule has 0 saturated heterocycles. The Morgan fingerprint density at radius 1 is 1.19 bits per heavy atom. The molecule has 2 aromatic carbocycles. The van der Waals surface area contributed by atoms with Gasteiger partial charge in [-0.15, -0.1) is 0 Å². The van der Waals surface area contributed by atoms with Crippen LogP contribution in [0, 0.1) is 6.92 Å². The van der Waals surface area contributed by atoms with E-state index >= 15 is 0 Å². The molecule has 0 N–H and O–H groups in total. The number of hydrogen-bond acceptors (Lipinski definition) is 5. The first-order valence-corrected chi connectivity index (χ1v) is 11.5. The third-order valence-corrected chi connectivity index (χ3v) is 6.81. The van der Waals surface area contributed by atoms with E-state index in [1.165, 1.54) is 11.3 Å². The van der Waals surface area contributed by atoms with Gasteiger partial charge in [0.05, 0.1) is 28.5 Å². The first kappa shape index (κ1) is 21.5. The van der Waals surface area contributed by atoms with Crippen molar-refractivity contribution in [3.8, 4) is 0 Å². The summed E-state index contributed by atoms with van der Waals surface area (Å²) in [5.74, 6) is -0.450. The van der Waals surface area contributed by atoms with Gasteiger partial charge < -0.3 is 4.74 Å². The fraction of sp³-hybridized carbons (Fsp3) is 0.208. The van der Waals surface area contributed by atoms with Crippen molar-refractivity contribution in [2.75, 3.05) is 6.61 Å². The molecule has 0 aliphatic carbocycles. The van der Waals surface area contributed by atoms with Crippen molar-refractivity contribution in [3.05, 3.63) is 101 Å². The van der Waals surface area contributed by atoms with E-state index in [1.807, 2.05) is 61.5 Å². The van der Waals surface area contributed by atoms with Crippen molar-refractivity contribution in [2.24, 2.45) is 4.99 Å². The molecule has 0 fully saturated rings. The average Bonchev–Trinajstić information content (AvgIpc) is 3.04. The maximum absolute atomic E-state index is 13.5. The van der Waals surface area contributed by atoms with Gasteiger partial charge >= 0.3 is 5.97 Å². The Kier molecular flexibility index (Phi) is 6.07. The Morgan fingerprint density at radius 2 is 1.90 bits per heavy atom. The highest BCUT2D eigenvalue weighted by Crippen LogP contribution is 2.30. The normalized spacial score (nSPS) is 16.1. The number of fused-ring (bicyclic) bond motifs is 1. The van der Waals surface area contributed by atoms with Crippen molar-refractivity contribution in [1.29, 1.82) is 0 Å². The number of carbonyl (C=O) groups excluding carboxylic acids is 1. The van der Waals surface area contributed by atoms with Crippen LogP contribution < -0.4 is 14.9 Å². The number of thiazole rings is 1. The Morgan fingerprint density at radius 3 is 2.58 bits per heavy atom. The third kappa shape index (κ3) is 4.07. The number of nitrogens with zero attached hydrogens (tertiary/aromatic N) is 2. The highest BCUT2D eigenvalue weighted by Gasteiger charge is 2.33. The Hall–Kier alpha value is -2.77. The topological polar surface area (TPSA) is 60.7 Å². The molecule has 0 unspecified atom stereocenters. The smallest absolute Gasteiger partial charge is 0.338 e. The fourth-order valence-corrected chi connectivity index (χ4v) is 5.03. The van der Waals surface area contributed by atoms with Crippen molar-refractivity contribution < 1.29 is 9.53 Å². The second kappa shape index (κ2) is 8.77. The van der Waals surface area contributed by atoms with E-state index in [9.17, 15) is 9.59 Å². The number of esters is 1. The quantitative estimate of drug-likeness (QED) is 0.515. The molecule has 5 nitrogen and oxygen atoms in total. The van der Waals surface area contributed by atoms with Crippen molar-refractivity contribution in [1.82, 2.24) is 4.57 Å². The minimum absolute atomic E-state index is 0.181. The number of halogens is 1. The fourth-order valence-electron chi connectivity index (χ4n) is 3.59. The summed E-state index contributed by atoms with van der Waals surface area (Å²) in [6.45, 7) is 5.81. The zero-order valence-electron chi connectivity index (χ0n) is 17.4. The molecule has 31 heavy (non-hydrogen) atoms. The molecule has 1 atom stereocenters. The highest BCUT2D eigenvalue weighted by molar-refractivity contribution is 9.10. The van der Waals surface area contributed by atoms with E-state index in [-0.39, 0.29) is 12.2 Å². The lowest BCUT2D eigenvalue weighted by molar-refractivity contribution is -0.139. The van der Waals surface area contributed by atoms with Crippen LogP contribution in [0.15, 0.2) is 74.1 Å². The van der Waals surface area contributed by atoms with Crippen molar-refractivity contribution >= 4 is 39.3 Å². The number of carbonyl (C=O) groups is 1. The van der Waals surface area contributed by atoms with E-state index in [4.69, 9.17) is 4.74 Å². The Balaban J connectivity index is 1.97. The van der Waals surface area contributed by atoms with Gasteiger partial charge in [-0.05, 0) is 44.0 Å². The number of benzene rings is 2. The van der Waals surface area contributed by atoms with Gasteiger partial charge in [0.25, 0.3) is 5.56 Å². The third-order valence-electron chi connectivity index (χ3n) is 5.10. The van der Waals surface area contributed by atoms with E-state index in [2.05, 4.69) is 20.9 Å². The van der Waals surface area contributed by atoms with Gasteiger partial charge in [-0.3, -0.25) is 9.36 Å². The standard InChI is InChI=1S/C24H21BrN2O3S/c1-4-30-23(29)20-15(3)26-24-27(21(20)16-11-9-14(2)10-12-16)22(28)19(31-24)13-17-7-5-6-8-18(17)25/h5-13,21H,4H2,1-3H3/b19-13+/t21-/m0/s1. The Bertz CT molecular complexity index is 1370. The van der Waals surface area contributed by atoms with Crippen LogP contribution in [0.3, 0.4) is 0 Å². The molecule has 4 rings (SSSR count). The monoisotopic (exact) mass is 496 g/mol. The molecule has 1 aromatic heterocycles. The minimum Gasteiger partial charge on any atom is -0.463 e. The van der Waals surface area contributed by atoms with Crippen LogP contribution in [0.5, 0.6) is 0 Å². The maximum Gasteiger partial charge on any atom is 0.338 e. The van der Waals surface area contributed by atoms with Gasteiger partial charge in [-0.2, -0.15) is 0 Å². The van der Waals surface area contributed by atoms with Crippen LogP contribution in [0.2, 0.25) is 0 Å². The van der Waals surface area contributed by atoms with E-state index in [1.54, 1.807) is 18.4 Å². The molecule has 3 aromatic rings. The van der Waals surface area contributed by atoms with Gasteiger partial charge in [-0.25, -0.2) is 9.79 Å². The molecule has 0 amide bonds. The molecule has 7 heteroatoms. The minimum atomic E-state index is -0.586. The first-order valence-electron chi connectivity index (χ1n) is 9.91. The van der Waals surface area contributed by atoms with E-state index in [0.717, 1.165) is 21.2 Å². The zero-order chi connectivity index (χ0) is 22.1. The lowest BCUT2D eigenvalue weighted by Crippen LogP contribution is -2.39. The summed E-state index contributed by atoms with van der Waals surface area (Å²) in [5, 5.41) is 0. The second-order valence-electron chi connectivity index (χ2n) is 7.23. The molecule has 2 heterocycles. The SMILES string of the molecule is CCOC(=O)C1=C(C)N=c2s/c(=C/c3ccccc3Br)c(=O)n2[C@H]1c1ccc(C)cc1. The molecule has 1 aliphatic heterocycles. The van der Waals surface area contributed by atoms with Crippen LogP contribution in [-0.4, -0.2) is 17.1 Å². The number of aryl methyl sites for hydroxylation is 1. The molecule has 0 spiro atoms. The summed E-state index contributed by atoms with van der Waals surface area (Å²) in [4.78, 5) is 31.5. The van der Waals surface area contributed by atoms with Gasteiger partial charge in [-0.1, -0.05) is 75.3 Å². The van der Waals surface area contributed by atoms with Crippen molar-refractivity contribution in [2.45, 2.75) is 26.8 Å². The summed E-state index contributed by atoms with van der Waals surface area (Å²) in [5.41, 5.74) is 3.63. The predicted molar refractivity (Wildman–Crippen MR) is 126 cm³/mol. The number of rotatable bonds is 4. The summed E-state index contributed by atoms with van der Waals surface area (Å²) in [6.07, 6.45) is 1.85. The number of hydrogen-bond donors (Lipinski definition) is 0. The van der Waals surface area contributed by atoms with Gasteiger partial charge in [0.2, 0.25) is 0 Å². The number of aromatic nitrogens is 1. The largest absolute Gasteiger partial charge is 0.463 e. The molecule has 0 radical (unpaired) electrons. The lowest BCUT2D eigenvalue weighted by Gasteiger charge is -2.24. The molecule has 1 aliphatic rings. The van der Waals surface area contributed by atoms with Gasteiger partial charge in [0.1, 0.15) is 0 Å². The van der Waals surface area contributed by atoms with E-state index < -0.39 is 12.0 Å². The summed E-state index contributed by atoms with van der Waals surface area (Å²) in [6, 6.07) is 15.0. The predicted octanol–water partition coefficient (Wildman–Crippen LogP) is 3.87. The van der Waals surface area contributed by atoms with Gasteiger partial charge in [0.15, 0.2) is 4.80 Å². The van der Waals surface area contributed by atoms with Gasteiger partial charge in [0, 0.05) is 4.47 Å². The van der Waals surface area contributed by atoms with Crippen LogP contribution in [-0.2, 0) is 9.53 Å². The maximum atomic E-state index is 13.5. The summed E-state index contributed by atoms with van der Waals surface area (Å²) < 4.78 is 8.38.